The monoisotopic (exact) mass is 526 g/mol. The topological polar surface area (TPSA) is 82.3 Å². The summed E-state index contributed by atoms with van der Waals surface area (Å²) in [4.78, 5) is 25.5. The summed E-state index contributed by atoms with van der Waals surface area (Å²) in [5, 5.41) is 13.1. The Hall–Kier alpha value is -3.22. The molecule has 0 atom stereocenters. The van der Waals surface area contributed by atoms with Crippen LogP contribution >= 0.6 is 23.2 Å². The van der Waals surface area contributed by atoms with Crippen molar-refractivity contribution in [1.82, 2.24) is 10.6 Å². The highest BCUT2D eigenvalue weighted by Gasteiger charge is 2.28. The highest BCUT2D eigenvalue weighted by Crippen LogP contribution is 2.28. The maximum atomic E-state index is 12.8. The third kappa shape index (κ3) is 6.93. The number of hydrogen-bond acceptors (Lipinski definition) is 2. The summed E-state index contributed by atoms with van der Waals surface area (Å²) in [6, 6.07) is 17.8. The van der Waals surface area contributed by atoms with Gasteiger partial charge in [0.2, 0.25) is 0 Å². The molecular formula is C28H32Cl2N4O2. The molecule has 36 heavy (non-hydrogen) atoms. The van der Waals surface area contributed by atoms with Gasteiger partial charge in [-0.3, -0.25) is 0 Å². The van der Waals surface area contributed by atoms with Crippen molar-refractivity contribution in [1.29, 1.82) is 0 Å². The van der Waals surface area contributed by atoms with Crippen molar-refractivity contribution in [3.63, 3.8) is 0 Å². The molecule has 4 amide bonds. The van der Waals surface area contributed by atoms with Gasteiger partial charge in [-0.25, -0.2) is 9.59 Å². The quantitative estimate of drug-likeness (QED) is 0.265. The molecule has 0 aliphatic rings. The Bertz CT molecular complexity index is 1190. The third-order valence-electron chi connectivity index (χ3n) is 6.03. The van der Waals surface area contributed by atoms with Gasteiger partial charge in [0.25, 0.3) is 0 Å². The van der Waals surface area contributed by atoms with Crippen LogP contribution in [0.1, 0.15) is 49.9 Å². The minimum atomic E-state index is -0.681. The van der Waals surface area contributed by atoms with E-state index in [1.165, 1.54) is 0 Å². The molecular weight excluding hydrogens is 495 g/mol. The first-order valence-electron chi connectivity index (χ1n) is 11.6. The van der Waals surface area contributed by atoms with Gasteiger partial charge in [-0.05, 0) is 100 Å². The predicted octanol–water partition coefficient (Wildman–Crippen LogP) is 7.72. The molecule has 0 saturated heterocycles. The van der Waals surface area contributed by atoms with E-state index in [0.717, 1.165) is 22.3 Å². The summed E-state index contributed by atoms with van der Waals surface area (Å²) in [6.07, 6.45) is 0. The number of halogens is 2. The molecule has 0 aliphatic heterocycles. The molecule has 0 aromatic heterocycles. The fourth-order valence-corrected chi connectivity index (χ4v) is 4.30. The Morgan fingerprint density at radius 1 is 0.639 bits per heavy atom. The smallest absolute Gasteiger partial charge is 0.319 e. The molecule has 0 saturated carbocycles. The maximum Gasteiger partial charge on any atom is 0.319 e. The molecule has 190 valence electrons. The van der Waals surface area contributed by atoms with Crippen LogP contribution in [0.3, 0.4) is 0 Å². The molecule has 3 aromatic rings. The summed E-state index contributed by atoms with van der Waals surface area (Å²) < 4.78 is 0. The average Bonchev–Trinajstić information content (AvgIpc) is 2.77. The molecule has 3 aromatic carbocycles. The van der Waals surface area contributed by atoms with Gasteiger partial charge in [0.05, 0.1) is 11.1 Å². The van der Waals surface area contributed by atoms with E-state index in [-0.39, 0.29) is 12.1 Å². The second-order valence-corrected chi connectivity index (χ2v) is 10.8. The zero-order valence-electron chi connectivity index (χ0n) is 21.3. The minimum Gasteiger partial charge on any atom is -0.329 e. The minimum absolute atomic E-state index is 0.328. The Kier molecular flexibility index (Phi) is 8.22. The van der Waals surface area contributed by atoms with Crippen molar-refractivity contribution in [3.05, 3.63) is 93.0 Å². The second kappa shape index (κ2) is 10.8. The van der Waals surface area contributed by atoms with E-state index in [1.807, 2.05) is 65.8 Å². The van der Waals surface area contributed by atoms with Crippen LogP contribution in [0.15, 0.2) is 60.7 Å². The Morgan fingerprint density at radius 2 is 1.03 bits per heavy atom. The van der Waals surface area contributed by atoms with Gasteiger partial charge in [-0.15, -0.1) is 0 Å². The summed E-state index contributed by atoms with van der Waals surface area (Å²) in [5.74, 6) is 0. The molecule has 3 rings (SSSR count). The molecule has 6 nitrogen and oxygen atoms in total. The maximum absolute atomic E-state index is 12.8. The second-order valence-electron chi connectivity index (χ2n) is 9.91. The van der Waals surface area contributed by atoms with Gasteiger partial charge in [-0.2, -0.15) is 0 Å². The fraction of sp³-hybridized carbons (Fsp3) is 0.286. The van der Waals surface area contributed by atoms with Crippen molar-refractivity contribution < 1.29 is 9.59 Å². The number of carbonyl (C=O) groups is 2. The zero-order valence-corrected chi connectivity index (χ0v) is 22.9. The summed E-state index contributed by atoms with van der Waals surface area (Å²) in [5.41, 5.74) is 3.55. The Balaban J connectivity index is 1.71. The van der Waals surface area contributed by atoms with E-state index in [4.69, 9.17) is 23.2 Å². The average molecular weight is 527 g/mol. The van der Waals surface area contributed by atoms with Gasteiger partial charge in [-0.1, -0.05) is 47.5 Å². The van der Waals surface area contributed by atoms with E-state index in [1.54, 1.807) is 36.4 Å². The summed E-state index contributed by atoms with van der Waals surface area (Å²) in [7, 11) is 0. The van der Waals surface area contributed by atoms with Gasteiger partial charge in [0, 0.05) is 21.4 Å². The lowest BCUT2D eigenvalue weighted by Crippen LogP contribution is -2.45. The molecule has 0 unspecified atom stereocenters. The molecule has 0 bridgehead atoms. The van der Waals surface area contributed by atoms with Gasteiger partial charge >= 0.3 is 12.1 Å². The van der Waals surface area contributed by atoms with Crippen LogP contribution in [0.4, 0.5) is 21.0 Å². The molecule has 4 N–H and O–H groups in total. The number of carbonyl (C=O) groups excluding carboxylic acids is 2. The SMILES string of the molecule is Cc1cc(Cl)ccc1NC(=O)NC(C)(C)c1cccc(C(C)(C)NC(=O)Nc2ccc(Cl)cc2C)c1. The van der Waals surface area contributed by atoms with Crippen LogP contribution in [-0.4, -0.2) is 12.1 Å². The van der Waals surface area contributed by atoms with Crippen molar-refractivity contribution in [2.45, 2.75) is 52.6 Å². The van der Waals surface area contributed by atoms with E-state index < -0.39 is 11.1 Å². The number of rotatable bonds is 6. The highest BCUT2D eigenvalue weighted by atomic mass is 35.5. The first-order chi connectivity index (χ1) is 16.8. The van der Waals surface area contributed by atoms with Crippen LogP contribution < -0.4 is 21.3 Å². The van der Waals surface area contributed by atoms with Gasteiger partial charge < -0.3 is 21.3 Å². The van der Waals surface area contributed by atoms with Crippen LogP contribution in [0.2, 0.25) is 10.0 Å². The van der Waals surface area contributed by atoms with Crippen molar-refractivity contribution in [3.8, 4) is 0 Å². The number of urea groups is 2. The normalized spacial score (nSPS) is 11.6. The van der Waals surface area contributed by atoms with Crippen LogP contribution in [0, 0.1) is 13.8 Å². The van der Waals surface area contributed by atoms with Crippen molar-refractivity contribution in [2.24, 2.45) is 0 Å². The summed E-state index contributed by atoms with van der Waals surface area (Å²) >= 11 is 12.0. The molecule has 0 fully saturated rings. The van der Waals surface area contributed by atoms with Gasteiger partial charge in [0.1, 0.15) is 0 Å². The lowest BCUT2D eigenvalue weighted by atomic mass is 9.87. The predicted molar refractivity (Wildman–Crippen MR) is 149 cm³/mol. The number of hydrogen-bond donors (Lipinski definition) is 4. The van der Waals surface area contributed by atoms with E-state index >= 15 is 0 Å². The Labute approximate surface area is 222 Å². The zero-order chi connectivity index (χ0) is 26.7. The van der Waals surface area contributed by atoms with Crippen molar-refractivity contribution in [2.75, 3.05) is 10.6 Å². The first-order valence-corrected chi connectivity index (χ1v) is 12.3. The lowest BCUT2D eigenvalue weighted by molar-refractivity contribution is 0.241. The van der Waals surface area contributed by atoms with Gasteiger partial charge in [0.15, 0.2) is 0 Å². The van der Waals surface area contributed by atoms with Crippen LogP contribution in [0.5, 0.6) is 0 Å². The van der Waals surface area contributed by atoms with Crippen LogP contribution in [-0.2, 0) is 11.1 Å². The van der Waals surface area contributed by atoms with E-state index in [2.05, 4.69) is 21.3 Å². The Morgan fingerprint density at radius 3 is 1.39 bits per heavy atom. The highest BCUT2D eigenvalue weighted by molar-refractivity contribution is 6.31. The molecule has 8 heteroatoms. The number of nitrogens with one attached hydrogen (secondary N) is 4. The largest absolute Gasteiger partial charge is 0.329 e. The first kappa shape index (κ1) is 27.4. The standard InChI is InChI=1S/C28H32Cl2N4O2/c1-17-14-21(29)10-12-23(17)31-25(35)33-27(3,4)19-8-7-9-20(16-19)28(5,6)34-26(36)32-24-13-11-22(30)15-18(24)2/h7-16H,1-6H3,(H2,31,33,35)(H2,32,34,36). The number of aryl methyl sites for hydroxylation is 2. The van der Waals surface area contributed by atoms with E-state index in [0.29, 0.717) is 21.4 Å². The van der Waals surface area contributed by atoms with Crippen molar-refractivity contribution >= 4 is 46.6 Å². The lowest BCUT2D eigenvalue weighted by Gasteiger charge is -2.31. The fourth-order valence-electron chi connectivity index (χ4n) is 3.85. The number of anilines is 2. The summed E-state index contributed by atoms with van der Waals surface area (Å²) in [6.45, 7) is 11.5. The van der Waals surface area contributed by atoms with E-state index in [9.17, 15) is 9.59 Å². The molecule has 0 spiro atoms. The molecule has 0 aliphatic carbocycles. The number of benzene rings is 3. The molecule has 0 radical (unpaired) electrons. The number of amides is 4. The third-order valence-corrected chi connectivity index (χ3v) is 6.50. The van der Waals surface area contributed by atoms with Crippen LogP contribution in [0.25, 0.3) is 0 Å². The molecule has 0 heterocycles.